The van der Waals surface area contributed by atoms with Crippen molar-refractivity contribution in [2.75, 3.05) is 26.3 Å². The average molecular weight is 315 g/mol. The van der Waals surface area contributed by atoms with E-state index < -0.39 is 17.8 Å². The van der Waals surface area contributed by atoms with Crippen LogP contribution < -0.4 is 5.32 Å². The summed E-state index contributed by atoms with van der Waals surface area (Å²) < 4.78 is 18.8. The van der Waals surface area contributed by atoms with Crippen LogP contribution in [0.1, 0.15) is 17.3 Å². The molecule has 1 N–H and O–H groups in total. The molecule has 0 bridgehead atoms. The molecule has 2 amide bonds. The Morgan fingerprint density at radius 3 is 2.67 bits per heavy atom. The van der Waals surface area contributed by atoms with Gasteiger partial charge >= 0.3 is 0 Å². The highest BCUT2D eigenvalue weighted by Gasteiger charge is 2.25. The van der Waals surface area contributed by atoms with Crippen LogP contribution in [0, 0.1) is 5.82 Å². The van der Waals surface area contributed by atoms with Crippen molar-refractivity contribution in [1.29, 1.82) is 0 Å². The summed E-state index contributed by atoms with van der Waals surface area (Å²) in [6.45, 7) is 3.49. The SMILES string of the molecule is C[C@@H](NC(=O)c1c(F)cccc1Cl)C(=O)N1CCOCC1. The fourth-order valence-corrected chi connectivity index (χ4v) is 2.35. The predicted molar refractivity (Wildman–Crippen MR) is 75.7 cm³/mol. The van der Waals surface area contributed by atoms with Gasteiger partial charge in [-0.1, -0.05) is 17.7 Å². The maximum atomic E-state index is 13.6. The monoisotopic (exact) mass is 314 g/mol. The van der Waals surface area contributed by atoms with Gasteiger partial charge in [-0.15, -0.1) is 0 Å². The highest BCUT2D eigenvalue weighted by Crippen LogP contribution is 2.18. The molecule has 1 fully saturated rings. The van der Waals surface area contributed by atoms with Crippen molar-refractivity contribution in [3.8, 4) is 0 Å². The van der Waals surface area contributed by atoms with E-state index in [0.717, 1.165) is 6.07 Å². The van der Waals surface area contributed by atoms with Gasteiger partial charge in [0.15, 0.2) is 0 Å². The van der Waals surface area contributed by atoms with Crippen LogP contribution in [0.15, 0.2) is 18.2 Å². The van der Waals surface area contributed by atoms with Crippen LogP contribution in [0.2, 0.25) is 5.02 Å². The predicted octanol–water partition coefficient (Wildman–Crippen LogP) is 1.46. The summed E-state index contributed by atoms with van der Waals surface area (Å²) in [5, 5.41) is 2.49. The molecule has 1 aromatic carbocycles. The van der Waals surface area contributed by atoms with Gasteiger partial charge in [-0.25, -0.2) is 4.39 Å². The molecule has 1 heterocycles. The van der Waals surface area contributed by atoms with Crippen molar-refractivity contribution in [1.82, 2.24) is 10.2 Å². The molecule has 1 atom stereocenters. The van der Waals surface area contributed by atoms with E-state index in [2.05, 4.69) is 5.32 Å². The maximum Gasteiger partial charge on any atom is 0.256 e. The lowest BCUT2D eigenvalue weighted by Gasteiger charge is -2.29. The van der Waals surface area contributed by atoms with Gasteiger partial charge in [0.2, 0.25) is 5.91 Å². The molecule has 7 heteroatoms. The van der Waals surface area contributed by atoms with Gasteiger partial charge in [0.25, 0.3) is 5.91 Å². The molecule has 0 saturated carbocycles. The van der Waals surface area contributed by atoms with E-state index >= 15 is 0 Å². The minimum atomic E-state index is -0.758. The van der Waals surface area contributed by atoms with Gasteiger partial charge < -0.3 is 15.0 Å². The van der Waals surface area contributed by atoms with Gasteiger partial charge in [0, 0.05) is 13.1 Å². The first-order valence-electron chi connectivity index (χ1n) is 6.62. The molecule has 0 aromatic heterocycles. The number of morpholine rings is 1. The quantitative estimate of drug-likeness (QED) is 0.919. The number of halogens is 2. The Labute approximate surface area is 127 Å². The van der Waals surface area contributed by atoms with Crippen molar-refractivity contribution in [3.63, 3.8) is 0 Å². The smallest absolute Gasteiger partial charge is 0.256 e. The summed E-state index contributed by atoms with van der Waals surface area (Å²) in [6, 6.07) is 3.23. The van der Waals surface area contributed by atoms with E-state index in [1.54, 1.807) is 11.8 Å². The minimum absolute atomic E-state index is 0.0125. The highest BCUT2D eigenvalue weighted by molar-refractivity contribution is 6.33. The van der Waals surface area contributed by atoms with Crippen molar-refractivity contribution in [3.05, 3.63) is 34.6 Å². The van der Waals surface area contributed by atoms with E-state index in [0.29, 0.717) is 26.3 Å². The zero-order chi connectivity index (χ0) is 15.4. The van der Waals surface area contributed by atoms with Gasteiger partial charge in [-0.3, -0.25) is 9.59 Å². The Morgan fingerprint density at radius 1 is 1.38 bits per heavy atom. The second-order valence-corrected chi connectivity index (χ2v) is 5.14. The Morgan fingerprint density at radius 2 is 2.05 bits per heavy atom. The molecule has 0 spiro atoms. The summed E-state index contributed by atoms with van der Waals surface area (Å²) in [4.78, 5) is 25.8. The van der Waals surface area contributed by atoms with Crippen LogP contribution in [0.4, 0.5) is 4.39 Å². The molecule has 114 valence electrons. The third-order valence-electron chi connectivity index (χ3n) is 3.23. The molecule has 5 nitrogen and oxygen atoms in total. The largest absolute Gasteiger partial charge is 0.378 e. The molecule has 1 aliphatic rings. The molecular weight excluding hydrogens is 299 g/mol. The van der Waals surface area contributed by atoms with E-state index in [1.165, 1.54) is 12.1 Å². The lowest BCUT2D eigenvalue weighted by molar-refractivity contribution is -0.136. The zero-order valence-electron chi connectivity index (χ0n) is 11.6. The van der Waals surface area contributed by atoms with Crippen LogP contribution in [0.3, 0.4) is 0 Å². The molecule has 21 heavy (non-hydrogen) atoms. The van der Waals surface area contributed by atoms with Gasteiger partial charge in [0.05, 0.1) is 23.8 Å². The summed E-state index contributed by atoms with van der Waals surface area (Å²) >= 11 is 5.82. The Bertz CT molecular complexity index is 527. The summed E-state index contributed by atoms with van der Waals surface area (Å²) in [5.74, 6) is -1.64. The molecular formula is C14H16ClFN2O3. The number of rotatable bonds is 3. The number of carbonyl (C=O) groups is 2. The first-order valence-corrected chi connectivity index (χ1v) is 7.00. The van der Waals surface area contributed by atoms with Gasteiger partial charge in [-0.05, 0) is 19.1 Å². The fraction of sp³-hybridized carbons (Fsp3) is 0.429. The maximum absolute atomic E-state index is 13.6. The van der Waals surface area contributed by atoms with Crippen LogP contribution in [-0.4, -0.2) is 49.1 Å². The topological polar surface area (TPSA) is 58.6 Å². The number of nitrogens with zero attached hydrogens (tertiary/aromatic N) is 1. The second kappa shape index (κ2) is 6.87. The number of amides is 2. The van der Waals surface area contributed by atoms with E-state index in [1.807, 2.05) is 0 Å². The average Bonchev–Trinajstić information content (AvgIpc) is 2.47. The third kappa shape index (κ3) is 3.71. The van der Waals surface area contributed by atoms with Gasteiger partial charge in [0.1, 0.15) is 11.9 Å². The van der Waals surface area contributed by atoms with Crippen molar-refractivity contribution < 1.29 is 18.7 Å². The van der Waals surface area contributed by atoms with Crippen LogP contribution >= 0.6 is 11.6 Å². The summed E-state index contributed by atoms with van der Waals surface area (Å²) in [7, 11) is 0. The molecule has 2 rings (SSSR count). The standard InChI is InChI=1S/C14H16ClFN2O3/c1-9(14(20)18-5-7-21-8-6-18)17-13(19)12-10(15)3-2-4-11(12)16/h2-4,9H,5-8H2,1H3,(H,17,19)/t9-/m1/s1. The number of hydrogen-bond acceptors (Lipinski definition) is 3. The van der Waals surface area contributed by atoms with Gasteiger partial charge in [-0.2, -0.15) is 0 Å². The van der Waals surface area contributed by atoms with Crippen molar-refractivity contribution in [2.45, 2.75) is 13.0 Å². The molecule has 0 radical (unpaired) electrons. The number of carbonyl (C=O) groups excluding carboxylic acids is 2. The minimum Gasteiger partial charge on any atom is -0.378 e. The molecule has 0 aliphatic carbocycles. The van der Waals surface area contributed by atoms with E-state index in [4.69, 9.17) is 16.3 Å². The summed E-state index contributed by atoms with van der Waals surface area (Å²) in [5.41, 5.74) is -0.249. The lowest BCUT2D eigenvalue weighted by Crippen LogP contribution is -2.50. The Kier molecular flexibility index (Phi) is 5.14. The molecule has 1 aliphatic heterocycles. The molecule has 1 saturated heterocycles. The van der Waals surface area contributed by atoms with Crippen molar-refractivity contribution >= 4 is 23.4 Å². The van der Waals surface area contributed by atoms with Crippen LogP contribution in [0.25, 0.3) is 0 Å². The first-order chi connectivity index (χ1) is 10.0. The number of ether oxygens (including phenoxy) is 1. The lowest BCUT2D eigenvalue weighted by atomic mass is 10.1. The Hall–Kier alpha value is -1.66. The highest BCUT2D eigenvalue weighted by atomic mass is 35.5. The molecule has 1 aromatic rings. The fourth-order valence-electron chi connectivity index (χ4n) is 2.10. The number of hydrogen-bond donors (Lipinski definition) is 1. The normalized spacial score (nSPS) is 16.4. The van der Waals surface area contributed by atoms with Crippen LogP contribution in [0.5, 0.6) is 0 Å². The zero-order valence-corrected chi connectivity index (χ0v) is 12.3. The van der Waals surface area contributed by atoms with Crippen molar-refractivity contribution in [2.24, 2.45) is 0 Å². The van der Waals surface area contributed by atoms with Crippen LogP contribution in [-0.2, 0) is 9.53 Å². The second-order valence-electron chi connectivity index (χ2n) is 4.73. The Balaban J connectivity index is 2.03. The van der Waals surface area contributed by atoms with E-state index in [-0.39, 0.29) is 16.5 Å². The molecule has 0 unspecified atom stereocenters. The number of nitrogens with one attached hydrogen (secondary N) is 1. The summed E-state index contributed by atoms with van der Waals surface area (Å²) in [6.07, 6.45) is 0. The first kappa shape index (κ1) is 15.7. The number of benzene rings is 1. The van der Waals surface area contributed by atoms with E-state index in [9.17, 15) is 14.0 Å². The third-order valence-corrected chi connectivity index (χ3v) is 3.55.